The molecule has 98 valence electrons. The first-order valence-electron chi connectivity index (χ1n) is 5.36. The Labute approximate surface area is 115 Å². The Morgan fingerprint density at radius 3 is 2.94 bits per heavy atom. The first-order chi connectivity index (χ1) is 8.50. The number of fused-ring (bicyclic) bond motifs is 1. The van der Waals surface area contributed by atoms with E-state index in [2.05, 4.69) is 13.5 Å². The zero-order valence-electron chi connectivity index (χ0n) is 9.63. The van der Waals surface area contributed by atoms with E-state index in [-0.39, 0.29) is 10.3 Å². The SMILES string of the molecule is CC(Cl)CCNS(=O)(=O)c1cccc2nsnc12. The molecule has 1 heterocycles. The van der Waals surface area contributed by atoms with Gasteiger partial charge >= 0.3 is 0 Å². The quantitative estimate of drug-likeness (QED) is 0.858. The van der Waals surface area contributed by atoms with Crippen LogP contribution in [-0.2, 0) is 10.0 Å². The lowest BCUT2D eigenvalue weighted by molar-refractivity contribution is 0.579. The lowest BCUT2D eigenvalue weighted by Gasteiger charge is -2.07. The number of nitrogens with zero attached hydrogens (tertiary/aromatic N) is 2. The van der Waals surface area contributed by atoms with Crippen LogP contribution in [0, 0.1) is 0 Å². The molecule has 1 aromatic carbocycles. The van der Waals surface area contributed by atoms with Gasteiger partial charge in [0.05, 0.1) is 11.7 Å². The van der Waals surface area contributed by atoms with Crippen molar-refractivity contribution in [3.8, 4) is 0 Å². The summed E-state index contributed by atoms with van der Waals surface area (Å²) in [5.74, 6) is 0. The molecule has 2 rings (SSSR count). The Balaban J connectivity index is 2.27. The maximum atomic E-state index is 12.1. The van der Waals surface area contributed by atoms with E-state index in [0.29, 0.717) is 24.0 Å². The van der Waals surface area contributed by atoms with Crippen LogP contribution in [-0.4, -0.2) is 29.1 Å². The highest BCUT2D eigenvalue weighted by Gasteiger charge is 2.18. The fourth-order valence-electron chi connectivity index (χ4n) is 1.47. The van der Waals surface area contributed by atoms with Gasteiger partial charge in [-0.25, -0.2) is 13.1 Å². The van der Waals surface area contributed by atoms with Crippen LogP contribution in [0.15, 0.2) is 23.1 Å². The monoisotopic (exact) mass is 305 g/mol. The van der Waals surface area contributed by atoms with E-state index >= 15 is 0 Å². The van der Waals surface area contributed by atoms with E-state index in [1.54, 1.807) is 12.1 Å². The van der Waals surface area contributed by atoms with Gasteiger partial charge in [0, 0.05) is 11.9 Å². The molecular formula is C10H12ClN3O2S2. The molecule has 0 spiro atoms. The highest BCUT2D eigenvalue weighted by atomic mass is 35.5. The zero-order chi connectivity index (χ0) is 13.2. The lowest BCUT2D eigenvalue weighted by atomic mass is 10.3. The molecule has 0 bridgehead atoms. The second kappa shape index (κ2) is 5.48. The summed E-state index contributed by atoms with van der Waals surface area (Å²) in [4.78, 5) is 0.163. The maximum Gasteiger partial charge on any atom is 0.242 e. The third-order valence-electron chi connectivity index (χ3n) is 2.37. The molecule has 0 saturated heterocycles. The van der Waals surface area contributed by atoms with Crippen molar-refractivity contribution in [1.82, 2.24) is 13.5 Å². The number of alkyl halides is 1. The van der Waals surface area contributed by atoms with Crippen molar-refractivity contribution in [2.75, 3.05) is 6.54 Å². The van der Waals surface area contributed by atoms with Crippen molar-refractivity contribution < 1.29 is 8.42 Å². The van der Waals surface area contributed by atoms with Crippen molar-refractivity contribution in [2.45, 2.75) is 23.6 Å². The van der Waals surface area contributed by atoms with Crippen molar-refractivity contribution in [2.24, 2.45) is 0 Å². The van der Waals surface area contributed by atoms with Gasteiger partial charge in [-0.15, -0.1) is 11.6 Å². The molecule has 0 radical (unpaired) electrons. The van der Waals surface area contributed by atoms with E-state index in [0.717, 1.165) is 11.7 Å². The van der Waals surface area contributed by atoms with Gasteiger partial charge in [-0.1, -0.05) is 6.07 Å². The molecule has 1 unspecified atom stereocenters. The lowest BCUT2D eigenvalue weighted by Crippen LogP contribution is -2.26. The Hall–Kier alpha value is -0.760. The van der Waals surface area contributed by atoms with E-state index < -0.39 is 10.0 Å². The van der Waals surface area contributed by atoms with Crippen LogP contribution in [0.2, 0.25) is 0 Å². The first kappa shape index (κ1) is 13.7. The summed E-state index contributed by atoms with van der Waals surface area (Å²) in [6, 6.07) is 4.91. The second-order valence-electron chi connectivity index (χ2n) is 3.86. The van der Waals surface area contributed by atoms with Crippen molar-refractivity contribution >= 4 is 44.4 Å². The topological polar surface area (TPSA) is 72.0 Å². The molecule has 2 aromatic rings. The molecule has 1 N–H and O–H groups in total. The summed E-state index contributed by atoms with van der Waals surface area (Å²) in [7, 11) is -3.56. The number of benzene rings is 1. The van der Waals surface area contributed by atoms with Crippen molar-refractivity contribution in [1.29, 1.82) is 0 Å². The summed E-state index contributed by atoms with van der Waals surface area (Å²) < 4.78 is 34.8. The van der Waals surface area contributed by atoms with Crippen molar-refractivity contribution in [3.63, 3.8) is 0 Å². The highest BCUT2D eigenvalue weighted by molar-refractivity contribution is 7.89. The van der Waals surface area contributed by atoms with E-state index in [1.165, 1.54) is 6.07 Å². The first-order valence-corrected chi connectivity index (χ1v) is 8.01. The number of halogens is 1. The average Bonchev–Trinajstić information content (AvgIpc) is 2.75. The van der Waals surface area contributed by atoms with E-state index in [9.17, 15) is 8.42 Å². The summed E-state index contributed by atoms with van der Waals surface area (Å²) in [5.41, 5.74) is 1.00. The standard InChI is InChI=1S/C10H12ClN3O2S2/c1-7(11)5-6-12-18(15,16)9-4-2-3-8-10(9)14-17-13-8/h2-4,7,12H,5-6H2,1H3. The van der Waals surface area contributed by atoms with Crippen LogP contribution in [0.5, 0.6) is 0 Å². The summed E-state index contributed by atoms with van der Waals surface area (Å²) >= 11 is 6.77. The Morgan fingerprint density at radius 1 is 1.44 bits per heavy atom. The van der Waals surface area contributed by atoms with E-state index in [4.69, 9.17) is 11.6 Å². The van der Waals surface area contributed by atoms with Gasteiger partial charge in [-0.3, -0.25) is 0 Å². The summed E-state index contributed by atoms with van der Waals surface area (Å²) in [6.45, 7) is 2.13. The van der Waals surface area contributed by atoms with Gasteiger partial charge < -0.3 is 0 Å². The van der Waals surface area contributed by atoms with Gasteiger partial charge in [0.2, 0.25) is 10.0 Å². The predicted molar refractivity (Wildman–Crippen MR) is 72.5 cm³/mol. The molecule has 0 fully saturated rings. The van der Waals surface area contributed by atoms with E-state index in [1.807, 2.05) is 6.92 Å². The Morgan fingerprint density at radius 2 is 2.22 bits per heavy atom. The molecule has 0 aliphatic rings. The van der Waals surface area contributed by atoms with Crippen LogP contribution in [0.4, 0.5) is 0 Å². The minimum Gasteiger partial charge on any atom is -0.211 e. The molecule has 5 nitrogen and oxygen atoms in total. The summed E-state index contributed by atoms with van der Waals surface area (Å²) in [5, 5.41) is -0.0653. The number of sulfonamides is 1. The average molecular weight is 306 g/mol. The molecule has 1 aromatic heterocycles. The number of aromatic nitrogens is 2. The molecule has 0 aliphatic heterocycles. The third-order valence-corrected chi connectivity index (χ3v) is 4.63. The third kappa shape index (κ3) is 2.97. The molecule has 18 heavy (non-hydrogen) atoms. The predicted octanol–water partition coefficient (Wildman–Crippen LogP) is 1.99. The zero-order valence-corrected chi connectivity index (χ0v) is 12.0. The van der Waals surface area contributed by atoms with Gasteiger partial charge in [-0.2, -0.15) is 8.75 Å². The van der Waals surface area contributed by atoms with Crippen LogP contribution in [0.25, 0.3) is 11.0 Å². The largest absolute Gasteiger partial charge is 0.242 e. The summed E-state index contributed by atoms with van der Waals surface area (Å²) in [6.07, 6.45) is 0.575. The minimum absolute atomic E-state index is 0.0653. The molecule has 0 aliphatic carbocycles. The van der Waals surface area contributed by atoms with Crippen LogP contribution >= 0.6 is 23.3 Å². The molecule has 0 amide bonds. The van der Waals surface area contributed by atoms with Crippen LogP contribution in [0.3, 0.4) is 0 Å². The fourth-order valence-corrected chi connectivity index (χ4v) is 3.39. The second-order valence-corrected chi connectivity index (χ2v) is 6.86. The maximum absolute atomic E-state index is 12.1. The van der Waals surface area contributed by atoms with Gasteiger partial charge in [0.1, 0.15) is 15.9 Å². The van der Waals surface area contributed by atoms with Gasteiger partial charge in [-0.05, 0) is 25.5 Å². The van der Waals surface area contributed by atoms with Crippen LogP contribution < -0.4 is 4.72 Å². The number of rotatable bonds is 5. The molecular weight excluding hydrogens is 294 g/mol. The number of nitrogens with one attached hydrogen (secondary N) is 1. The Kier molecular flexibility index (Phi) is 4.16. The molecule has 1 atom stereocenters. The van der Waals surface area contributed by atoms with Gasteiger partial charge in [0.15, 0.2) is 0 Å². The number of hydrogen-bond donors (Lipinski definition) is 1. The van der Waals surface area contributed by atoms with Crippen LogP contribution in [0.1, 0.15) is 13.3 Å². The minimum atomic E-state index is -3.56. The smallest absolute Gasteiger partial charge is 0.211 e. The normalized spacial score (nSPS) is 13.9. The van der Waals surface area contributed by atoms with Crippen molar-refractivity contribution in [3.05, 3.63) is 18.2 Å². The Bertz CT molecular complexity index is 639. The molecule has 0 saturated carbocycles. The highest BCUT2D eigenvalue weighted by Crippen LogP contribution is 2.20. The van der Waals surface area contributed by atoms with Gasteiger partial charge in [0.25, 0.3) is 0 Å². The number of hydrogen-bond acceptors (Lipinski definition) is 5. The molecule has 8 heteroatoms. The fraction of sp³-hybridized carbons (Fsp3) is 0.400.